The second-order valence-electron chi connectivity index (χ2n) is 7.18. The molecule has 0 aliphatic rings. The molecule has 1 aromatic rings. The molecule has 2 unspecified atom stereocenters. The summed E-state index contributed by atoms with van der Waals surface area (Å²) in [5, 5.41) is 3.19. The summed E-state index contributed by atoms with van der Waals surface area (Å²) in [7, 11) is 0. The van der Waals surface area contributed by atoms with Gasteiger partial charge in [-0.2, -0.15) is 0 Å². The Labute approximate surface area is 129 Å². The van der Waals surface area contributed by atoms with E-state index in [-0.39, 0.29) is 17.4 Å². The lowest BCUT2D eigenvalue weighted by Crippen LogP contribution is -2.31. The van der Waals surface area contributed by atoms with Crippen molar-refractivity contribution in [3.05, 3.63) is 35.9 Å². The first-order chi connectivity index (χ1) is 9.81. The predicted molar refractivity (Wildman–Crippen MR) is 88.9 cm³/mol. The first-order valence-corrected chi connectivity index (χ1v) is 7.86. The summed E-state index contributed by atoms with van der Waals surface area (Å²) in [4.78, 5) is 12.2. The summed E-state index contributed by atoms with van der Waals surface area (Å²) in [5.41, 5.74) is 6.94. The quantitative estimate of drug-likeness (QED) is 0.805. The second kappa shape index (κ2) is 8.18. The number of amides is 1. The van der Waals surface area contributed by atoms with Gasteiger partial charge in [0.15, 0.2) is 0 Å². The molecule has 0 aliphatic heterocycles. The van der Waals surface area contributed by atoms with Gasteiger partial charge in [0, 0.05) is 6.42 Å². The van der Waals surface area contributed by atoms with Crippen LogP contribution < -0.4 is 11.1 Å². The lowest BCUT2D eigenvalue weighted by atomic mass is 9.85. The van der Waals surface area contributed by atoms with Gasteiger partial charge in [0.05, 0.1) is 6.04 Å². The minimum atomic E-state index is 0.0758. The molecule has 1 aromatic carbocycles. The monoisotopic (exact) mass is 290 g/mol. The standard InChI is InChI=1S/C18H30N2O/c1-14(13-19)10-11-17(21)20-16(12-18(2,3)4)15-8-6-5-7-9-15/h5-9,14,16H,10-13,19H2,1-4H3,(H,20,21). The van der Waals surface area contributed by atoms with E-state index in [0.717, 1.165) is 12.8 Å². The molecule has 3 heteroatoms. The van der Waals surface area contributed by atoms with Gasteiger partial charge in [-0.1, -0.05) is 58.0 Å². The summed E-state index contributed by atoms with van der Waals surface area (Å²) >= 11 is 0. The maximum absolute atomic E-state index is 12.2. The number of hydrogen-bond donors (Lipinski definition) is 2. The number of nitrogens with two attached hydrogens (primary N) is 1. The van der Waals surface area contributed by atoms with Crippen molar-refractivity contribution in [2.45, 2.75) is 53.0 Å². The average Bonchev–Trinajstić information content (AvgIpc) is 2.43. The third kappa shape index (κ3) is 7.28. The Morgan fingerprint density at radius 2 is 1.86 bits per heavy atom. The third-order valence-corrected chi connectivity index (χ3v) is 3.62. The number of nitrogens with one attached hydrogen (secondary N) is 1. The minimum absolute atomic E-state index is 0.0758. The van der Waals surface area contributed by atoms with Crippen molar-refractivity contribution in [3.63, 3.8) is 0 Å². The summed E-state index contributed by atoms with van der Waals surface area (Å²) in [6.07, 6.45) is 2.32. The zero-order valence-corrected chi connectivity index (χ0v) is 13.9. The van der Waals surface area contributed by atoms with Gasteiger partial charge in [-0.3, -0.25) is 4.79 Å². The molecule has 1 amide bonds. The smallest absolute Gasteiger partial charge is 0.220 e. The summed E-state index contributed by atoms with van der Waals surface area (Å²) in [5.74, 6) is 0.516. The van der Waals surface area contributed by atoms with E-state index in [1.54, 1.807) is 0 Å². The fourth-order valence-corrected chi connectivity index (χ4v) is 2.31. The Morgan fingerprint density at radius 3 is 2.38 bits per heavy atom. The molecule has 1 rings (SSSR count). The van der Waals surface area contributed by atoms with E-state index < -0.39 is 0 Å². The number of carbonyl (C=O) groups excluding carboxylic acids is 1. The molecule has 3 nitrogen and oxygen atoms in total. The van der Waals surface area contributed by atoms with Crippen LogP contribution in [0.2, 0.25) is 0 Å². The lowest BCUT2D eigenvalue weighted by molar-refractivity contribution is -0.122. The van der Waals surface area contributed by atoms with E-state index in [4.69, 9.17) is 5.73 Å². The molecular formula is C18H30N2O. The van der Waals surface area contributed by atoms with E-state index in [2.05, 4.69) is 45.1 Å². The highest BCUT2D eigenvalue weighted by molar-refractivity contribution is 5.76. The van der Waals surface area contributed by atoms with Crippen LogP contribution in [-0.2, 0) is 4.79 Å². The van der Waals surface area contributed by atoms with Gasteiger partial charge in [0.2, 0.25) is 5.91 Å². The summed E-state index contributed by atoms with van der Waals surface area (Å²) in [6, 6.07) is 10.3. The Bertz CT molecular complexity index is 423. The largest absolute Gasteiger partial charge is 0.349 e. The summed E-state index contributed by atoms with van der Waals surface area (Å²) in [6.45, 7) is 9.32. The maximum Gasteiger partial charge on any atom is 0.220 e. The predicted octanol–water partition coefficient (Wildman–Crippen LogP) is 3.66. The van der Waals surface area contributed by atoms with E-state index in [0.29, 0.717) is 18.9 Å². The molecule has 0 aliphatic carbocycles. The first-order valence-electron chi connectivity index (χ1n) is 7.86. The molecule has 0 heterocycles. The summed E-state index contributed by atoms with van der Waals surface area (Å²) < 4.78 is 0. The van der Waals surface area contributed by atoms with Crippen LogP contribution in [-0.4, -0.2) is 12.5 Å². The molecule has 0 fully saturated rings. The zero-order chi connectivity index (χ0) is 15.9. The zero-order valence-electron chi connectivity index (χ0n) is 13.9. The first kappa shape index (κ1) is 17.7. The van der Waals surface area contributed by atoms with Crippen LogP contribution in [0.5, 0.6) is 0 Å². The highest BCUT2D eigenvalue weighted by atomic mass is 16.1. The van der Waals surface area contributed by atoms with Crippen molar-refractivity contribution in [2.75, 3.05) is 6.54 Å². The Balaban J connectivity index is 2.67. The van der Waals surface area contributed by atoms with Crippen molar-refractivity contribution in [2.24, 2.45) is 17.1 Å². The van der Waals surface area contributed by atoms with Crippen LogP contribution in [0.25, 0.3) is 0 Å². The van der Waals surface area contributed by atoms with E-state index in [9.17, 15) is 4.79 Å². The molecule has 3 N–H and O–H groups in total. The van der Waals surface area contributed by atoms with Crippen molar-refractivity contribution in [1.29, 1.82) is 0 Å². The van der Waals surface area contributed by atoms with Crippen molar-refractivity contribution in [1.82, 2.24) is 5.32 Å². The minimum Gasteiger partial charge on any atom is -0.349 e. The second-order valence-corrected chi connectivity index (χ2v) is 7.18. The fraction of sp³-hybridized carbons (Fsp3) is 0.611. The van der Waals surface area contributed by atoms with Gasteiger partial charge >= 0.3 is 0 Å². The van der Waals surface area contributed by atoms with Crippen LogP contribution in [0.1, 0.15) is 58.6 Å². The van der Waals surface area contributed by atoms with Gasteiger partial charge in [0.25, 0.3) is 0 Å². The Kier molecular flexibility index (Phi) is 6.90. The molecule has 0 saturated carbocycles. The third-order valence-electron chi connectivity index (χ3n) is 3.62. The topological polar surface area (TPSA) is 55.1 Å². The van der Waals surface area contributed by atoms with E-state index >= 15 is 0 Å². The Hall–Kier alpha value is -1.35. The molecule has 0 radical (unpaired) electrons. The molecule has 0 aromatic heterocycles. The van der Waals surface area contributed by atoms with Gasteiger partial charge in [-0.25, -0.2) is 0 Å². The van der Waals surface area contributed by atoms with Gasteiger partial charge in [-0.15, -0.1) is 0 Å². The molecule has 118 valence electrons. The van der Waals surface area contributed by atoms with Crippen LogP contribution in [0, 0.1) is 11.3 Å². The highest BCUT2D eigenvalue weighted by Crippen LogP contribution is 2.29. The maximum atomic E-state index is 12.2. The molecule has 21 heavy (non-hydrogen) atoms. The molecular weight excluding hydrogens is 260 g/mol. The number of hydrogen-bond acceptors (Lipinski definition) is 2. The van der Waals surface area contributed by atoms with Crippen LogP contribution >= 0.6 is 0 Å². The van der Waals surface area contributed by atoms with Crippen LogP contribution in [0.3, 0.4) is 0 Å². The van der Waals surface area contributed by atoms with Crippen molar-refractivity contribution < 1.29 is 4.79 Å². The average molecular weight is 290 g/mol. The van der Waals surface area contributed by atoms with Crippen LogP contribution in [0.4, 0.5) is 0 Å². The Morgan fingerprint density at radius 1 is 1.24 bits per heavy atom. The SMILES string of the molecule is CC(CN)CCC(=O)NC(CC(C)(C)C)c1ccccc1. The lowest BCUT2D eigenvalue weighted by Gasteiger charge is -2.27. The van der Waals surface area contributed by atoms with Gasteiger partial charge in [0.1, 0.15) is 0 Å². The van der Waals surface area contributed by atoms with Crippen LogP contribution in [0.15, 0.2) is 30.3 Å². The molecule has 2 atom stereocenters. The van der Waals surface area contributed by atoms with Crippen molar-refractivity contribution in [3.8, 4) is 0 Å². The fourth-order valence-electron chi connectivity index (χ4n) is 2.31. The highest BCUT2D eigenvalue weighted by Gasteiger charge is 2.21. The number of rotatable bonds is 7. The van der Waals surface area contributed by atoms with Gasteiger partial charge in [-0.05, 0) is 36.3 Å². The van der Waals surface area contributed by atoms with E-state index in [1.807, 2.05) is 18.2 Å². The normalized spacial score (nSPS) is 14.5. The van der Waals surface area contributed by atoms with Gasteiger partial charge < -0.3 is 11.1 Å². The number of carbonyl (C=O) groups is 1. The van der Waals surface area contributed by atoms with E-state index in [1.165, 1.54) is 5.56 Å². The van der Waals surface area contributed by atoms with Crippen molar-refractivity contribution >= 4 is 5.91 Å². The molecule has 0 bridgehead atoms. The molecule has 0 spiro atoms. The molecule has 0 saturated heterocycles. The number of benzene rings is 1.